The van der Waals surface area contributed by atoms with Crippen LogP contribution < -0.4 is 14.8 Å². The van der Waals surface area contributed by atoms with E-state index in [4.69, 9.17) is 9.47 Å². The van der Waals surface area contributed by atoms with Gasteiger partial charge in [0.2, 0.25) is 0 Å². The van der Waals surface area contributed by atoms with E-state index >= 15 is 0 Å². The molecule has 0 bridgehead atoms. The van der Waals surface area contributed by atoms with E-state index < -0.39 is 0 Å². The smallest absolute Gasteiger partial charge is 0.262 e. The van der Waals surface area contributed by atoms with E-state index in [9.17, 15) is 9.59 Å². The van der Waals surface area contributed by atoms with Crippen LogP contribution in [0.25, 0.3) is 0 Å². The highest BCUT2D eigenvalue weighted by Gasteiger charge is 2.09. The third kappa shape index (κ3) is 4.70. The van der Waals surface area contributed by atoms with Gasteiger partial charge in [-0.05, 0) is 36.4 Å². The van der Waals surface area contributed by atoms with Crippen LogP contribution in [0.5, 0.6) is 17.2 Å². The summed E-state index contributed by atoms with van der Waals surface area (Å²) in [7, 11) is 0. The van der Waals surface area contributed by atoms with E-state index in [0.717, 1.165) is 6.29 Å². The van der Waals surface area contributed by atoms with Crippen molar-refractivity contribution in [3.05, 3.63) is 84.4 Å². The Bertz CT molecular complexity index is 893. The van der Waals surface area contributed by atoms with Gasteiger partial charge in [-0.15, -0.1) is 0 Å². The topological polar surface area (TPSA) is 64.6 Å². The summed E-state index contributed by atoms with van der Waals surface area (Å²) in [5.41, 5.74) is 1.04. The maximum Gasteiger partial charge on any atom is 0.262 e. The number of para-hydroxylation sites is 3. The zero-order valence-electron chi connectivity index (χ0n) is 13.9. The number of anilines is 1. The van der Waals surface area contributed by atoms with Crippen molar-refractivity contribution >= 4 is 17.9 Å². The summed E-state index contributed by atoms with van der Waals surface area (Å²) in [6.45, 7) is -0.179. The molecule has 3 rings (SSSR count). The molecule has 0 heterocycles. The molecule has 0 spiro atoms. The van der Waals surface area contributed by atoms with Gasteiger partial charge in [0, 0.05) is 5.56 Å². The van der Waals surface area contributed by atoms with Gasteiger partial charge in [-0.25, -0.2) is 0 Å². The van der Waals surface area contributed by atoms with E-state index in [2.05, 4.69) is 5.32 Å². The molecule has 0 aliphatic rings. The molecule has 0 radical (unpaired) electrons. The molecule has 5 nitrogen and oxygen atoms in total. The van der Waals surface area contributed by atoms with Crippen molar-refractivity contribution in [3.8, 4) is 17.2 Å². The molecular formula is C21H17NO4. The minimum Gasteiger partial charge on any atom is -0.484 e. The molecule has 0 fully saturated rings. The van der Waals surface area contributed by atoms with Crippen molar-refractivity contribution in [1.82, 2.24) is 0 Å². The first kappa shape index (κ1) is 17.2. The molecule has 0 saturated carbocycles. The zero-order chi connectivity index (χ0) is 18.2. The number of hydrogen-bond acceptors (Lipinski definition) is 4. The fourth-order valence-electron chi connectivity index (χ4n) is 2.29. The minimum absolute atomic E-state index is 0.179. The van der Waals surface area contributed by atoms with E-state index in [1.807, 2.05) is 42.5 Å². The van der Waals surface area contributed by atoms with Crippen LogP contribution in [-0.4, -0.2) is 18.8 Å². The highest BCUT2D eigenvalue weighted by Crippen LogP contribution is 2.29. The third-order valence-electron chi connectivity index (χ3n) is 3.50. The molecule has 130 valence electrons. The van der Waals surface area contributed by atoms with E-state index in [1.165, 1.54) is 0 Å². The number of aldehydes is 1. The van der Waals surface area contributed by atoms with Gasteiger partial charge in [0.25, 0.3) is 5.91 Å². The summed E-state index contributed by atoms with van der Waals surface area (Å²) >= 11 is 0. The molecular weight excluding hydrogens is 330 g/mol. The second-order valence-electron chi connectivity index (χ2n) is 5.44. The van der Waals surface area contributed by atoms with Crippen LogP contribution in [0.3, 0.4) is 0 Å². The van der Waals surface area contributed by atoms with E-state index in [1.54, 1.807) is 36.4 Å². The Labute approximate surface area is 151 Å². The Morgan fingerprint density at radius 1 is 0.885 bits per heavy atom. The maximum absolute atomic E-state index is 12.2. The molecule has 0 aliphatic carbocycles. The standard InChI is InChI=1S/C21H17NO4/c23-14-16-7-6-10-18(13-16)25-15-21(24)22-19-11-4-5-12-20(19)26-17-8-2-1-3-9-17/h1-14H,15H2,(H,22,24). The Kier molecular flexibility index (Phi) is 5.62. The van der Waals surface area contributed by atoms with E-state index in [0.29, 0.717) is 28.5 Å². The number of benzene rings is 3. The van der Waals surface area contributed by atoms with E-state index in [-0.39, 0.29) is 12.5 Å². The molecule has 0 aliphatic heterocycles. The summed E-state index contributed by atoms with van der Waals surface area (Å²) < 4.78 is 11.2. The average molecular weight is 347 g/mol. The lowest BCUT2D eigenvalue weighted by Crippen LogP contribution is -2.20. The predicted molar refractivity (Wildman–Crippen MR) is 98.9 cm³/mol. The molecule has 26 heavy (non-hydrogen) atoms. The van der Waals surface area contributed by atoms with Crippen molar-refractivity contribution in [2.75, 3.05) is 11.9 Å². The van der Waals surface area contributed by atoms with Crippen LogP contribution in [0.2, 0.25) is 0 Å². The highest BCUT2D eigenvalue weighted by atomic mass is 16.5. The fraction of sp³-hybridized carbons (Fsp3) is 0.0476. The van der Waals surface area contributed by atoms with Crippen LogP contribution in [0.4, 0.5) is 5.69 Å². The molecule has 3 aromatic carbocycles. The predicted octanol–water partition coefficient (Wildman–Crippen LogP) is 4.31. The van der Waals surface area contributed by atoms with Crippen LogP contribution in [0.15, 0.2) is 78.9 Å². The Balaban J connectivity index is 1.63. The third-order valence-corrected chi connectivity index (χ3v) is 3.50. The van der Waals surface area contributed by atoms with Crippen molar-refractivity contribution in [3.63, 3.8) is 0 Å². The van der Waals surface area contributed by atoms with Crippen LogP contribution in [0.1, 0.15) is 10.4 Å². The fourth-order valence-corrected chi connectivity index (χ4v) is 2.29. The molecule has 3 aromatic rings. The van der Waals surface area contributed by atoms with Gasteiger partial charge in [-0.2, -0.15) is 0 Å². The normalized spacial score (nSPS) is 10.0. The number of ether oxygens (including phenoxy) is 2. The number of carbonyl (C=O) groups excluding carboxylic acids is 2. The molecule has 0 unspecified atom stereocenters. The molecule has 0 aromatic heterocycles. The van der Waals surface area contributed by atoms with Crippen LogP contribution >= 0.6 is 0 Å². The monoisotopic (exact) mass is 347 g/mol. The molecule has 1 N–H and O–H groups in total. The summed E-state index contributed by atoms with van der Waals surface area (Å²) in [4.78, 5) is 23.0. The maximum atomic E-state index is 12.2. The van der Waals surface area contributed by atoms with Gasteiger partial charge in [0.15, 0.2) is 12.4 Å². The number of amides is 1. The van der Waals surface area contributed by atoms with Crippen molar-refractivity contribution in [2.24, 2.45) is 0 Å². The van der Waals surface area contributed by atoms with Gasteiger partial charge in [-0.3, -0.25) is 9.59 Å². The van der Waals surface area contributed by atoms with Crippen molar-refractivity contribution < 1.29 is 19.1 Å². The van der Waals surface area contributed by atoms with Gasteiger partial charge in [0.05, 0.1) is 5.69 Å². The Hall–Kier alpha value is -3.60. The molecule has 0 saturated heterocycles. The quantitative estimate of drug-likeness (QED) is 0.647. The summed E-state index contributed by atoms with van der Waals surface area (Å²) in [5, 5.41) is 2.77. The van der Waals surface area contributed by atoms with Gasteiger partial charge < -0.3 is 14.8 Å². The first-order valence-electron chi connectivity index (χ1n) is 8.04. The molecule has 1 amide bonds. The number of carbonyl (C=O) groups is 2. The minimum atomic E-state index is -0.328. The highest BCUT2D eigenvalue weighted by molar-refractivity contribution is 5.93. The van der Waals surface area contributed by atoms with Crippen molar-refractivity contribution in [1.29, 1.82) is 0 Å². The lowest BCUT2D eigenvalue weighted by atomic mass is 10.2. The number of rotatable bonds is 7. The summed E-state index contributed by atoms with van der Waals surface area (Å²) in [5.74, 6) is 1.34. The Morgan fingerprint density at radius 2 is 1.62 bits per heavy atom. The van der Waals surface area contributed by atoms with Crippen LogP contribution in [0, 0.1) is 0 Å². The van der Waals surface area contributed by atoms with Gasteiger partial charge in [0.1, 0.15) is 17.8 Å². The molecule has 0 atom stereocenters. The SMILES string of the molecule is O=Cc1cccc(OCC(=O)Nc2ccccc2Oc2ccccc2)c1. The summed E-state index contributed by atoms with van der Waals surface area (Å²) in [6, 6.07) is 23.1. The summed E-state index contributed by atoms with van der Waals surface area (Å²) in [6.07, 6.45) is 0.726. The number of nitrogens with one attached hydrogen (secondary N) is 1. The Morgan fingerprint density at radius 3 is 2.42 bits per heavy atom. The van der Waals surface area contributed by atoms with Gasteiger partial charge in [-0.1, -0.05) is 42.5 Å². The first-order valence-corrected chi connectivity index (χ1v) is 8.04. The lowest BCUT2D eigenvalue weighted by Gasteiger charge is -2.12. The number of hydrogen-bond donors (Lipinski definition) is 1. The second kappa shape index (κ2) is 8.48. The van der Waals surface area contributed by atoms with Crippen molar-refractivity contribution in [2.45, 2.75) is 0 Å². The molecule has 5 heteroatoms. The second-order valence-corrected chi connectivity index (χ2v) is 5.44. The largest absolute Gasteiger partial charge is 0.484 e. The van der Waals surface area contributed by atoms with Crippen LogP contribution in [-0.2, 0) is 4.79 Å². The average Bonchev–Trinajstić information content (AvgIpc) is 2.69. The lowest BCUT2D eigenvalue weighted by molar-refractivity contribution is -0.118. The zero-order valence-corrected chi connectivity index (χ0v) is 13.9. The first-order chi connectivity index (χ1) is 12.7. The van der Waals surface area contributed by atoms with Gasteiger partial charge >= 0.3 is 0 Å².